The molecular formula is C13H14ClNO3S. The van der Waals surface area contributed by atoms with Gasteiger partial charge in [-0.2, -0.15) is 0 Å². The van der Waals surface area contributed by atoms with Crippen molar-refractivity contribution in [2.24, 2.45) is 0 Å². The van der Waals surface area contributed by atoms with Crippen LogP contribution in [0.15, 0.2) is 18.2 Å². The molecule has 0 aliphatic carbocycles. The van der Waals surface area contributed by atoms with Crippen LogP contribution in [0.25, 0.3) is 0 Å². The first-order valence-electron chi connectivity index (χ1n) is 5.91. The van der Waals surface area contributed by atoms with Gasteiger partial charge >= 0.3 is 5.97 Å². The van der Waals surface area contributed by atoms with E-state index in [4.69, 9.17) is 16.7 Å². The summed E-state index contributed by atoms with van der Waals surface area (Å²) in [5.74, 6) is -0.154. The predicted molar refractivity (Wildman–Crippen MR) is 77.1 cm³/mol. The van der Waals surface area contributed by atoms with Gasteiger partial charge < -0.3 is 10.4 Å². The molecule has 0 spiro atoms. The van der Waals surface area contributed by atoms with Gasteiger partial charge in [-0.3, -0.25) is 4.79 Å². The Morgan fingerprint density at radius 3 is 2.74 bits per heavy atom. The Bertz CT molecular complexity index is 527. The van der Waals surface area contributed by atoms with Gasteiger partial charge in [0.1, 0.15) is 0 Å². The van der Waals surface area contributed by atoms with Gasteiger partial charge in [-0.25, -0.2) is 4.79 Å². The first kappa shape index (κ1) is 14.2. The summed E-state index contributed by atoms with van der Waals surface area (Å²) < 4.78 is -0.405. The molecule has 0 bridgehead atoms. The second-order valence-corrected chi connectivity index (χ2v) is 6.64. The van der Waals surface area contributed by atoms with Crippen LogP contribution in [0.3, 0.4) is 0 Å². The number of benzene rings is 1. The lowest BCUT2D eigenvalue weighted by Crippen LogP contribution is -2.34. The Hall–Kier alpha value is -1.20. The smallest absolute Gasteiger partial charge is 0.337 e. The number of thioether (sulfide) groups is 1. The number of carbonyl (C=O) groups excluding carboxylic acids is 1. The van der Waals surface area contributed by atoms with E-state index in [2.05, 4.69) is 5.32 Å². The van der Waals surface area contributed by atoms with Crippen LogP contribution in [-0.4, -0.2) is 27.5 Å². The molecule has 1 aromatic rings. The van der Waals surface area contributed by atoms with E-state index in [1.54, 1.807) is 17.8 Å². The first-order valence-corrected chi connectivity index (χ1v) is 7.27. The van der Waals surface area contributed by atoms with Crippen LogP contribution in [0.5, 0.6) is 0 Å². The second kappa shape index (κ2) is 5.43. The minimum Gasteiger partial charge on any atom is -0.478 e. The molecule has 19 heavy (non-hydrogen) atoms. The molecule has 1 amide bonds. The SMILES string of the molecule is CC1(C(=O)Nc2ccc(C(=O)O)c(Cl)c2)CCCS1. The first-order chi connectivity index (χ1) is 8.92. The molecule has 0 aromatic heterocycles. The lowest BCUT2D eigenvalue weighted by atomic mass is 10.0. The van der Waals surface area contributed by atoms with Gasteiger partial charge in [0, 0.05) is 5.69 Å². The number of carboxylic acid groups (broad SMARTS) is 1. The average Bonchev–Trinajstić information content (AvgIpc) is 2.77. The van der Waals surface area contributed by atoms with E-state index in [0.29, 0.717) is 5.69 Å². The number of halogens is 1. The van der Waals surface area contributed by atoms with Gasteiger partial charge in [-0.05, 0) is 43.7 Å². The number of nitrogens with one attached hydrogen (secondary N) is 1. The van der Waals surface area contributed by atoms with E-state index < -0.39 is 10.7 Å². The van der Waals surface area contributed by atoms with Gasteiger partial charge in [0.15, 0.2) is 0 Å². The minimum absolute atomic E-state index is 0.0288. The molecule has 102 valence electrons. The summed E-state index contributed by atoms with van der Waals surface area (Å²) in [6.07, 6.45) is 1.89. The quantitative estimate of drug-likeness (QED) is 0.899. The lowest BCUT2D eigenvalue weighted by Gasteiger charge is -2.21. The lowest BCUT2D eigenvalue weighted by molar-refractivity contribution is -0.118. The highest BCUT2D eigenvalue weighted by Gasteiger charge is 2.37. The zero-order chi connectivity index (χ0) is 14.0. The maximum atomic E-state index is 12.2. The molecule has 1 aliphatic heterocycles. The number of amides is 1. The number of aromatic carboxylic acids is 1. The zero-order valence-electron chi connectivity index (χ0n) is 10.4. The van der Waals surface area contributed by atoms with Crippen LogP contribution in [0, 0.1) is 0 Å². The summed E-state index contributed by atoms with van der Waals surface area (Å²) in [4.78, 5) is 23.0. The Balaban J connectivity index is 2.13. The van der Waals surface area contributed by atoms with E-state index in [-0.39, 0.29) is 16.5 Å². The van der Waals surface area contributed by atoms with Crippen LogP contribution in [0.2, 0.25) is 5.02 Å². The third-order valence-electron chi connectivity index (χ3n) is 3.16. The zero-order valence-corrected chi connectivity index (χ0v) is 12.0. The Morgan fingerprint density at radius 2 is 2.21 bits per heavy atom. The van der Waals surface area contributed by atoms with Gasteiger partial charge in [-0.1, -0.05) is 11.6 Å². The highest BCUT2D eigenvalue weighted by atomic mass is 35.5. The fourth-order valence-corrected chi connectivity index (χ4v) is 3.46. The fraction of sp³-hybridized carbons (Fsp3) is 0.385. The number of anilines is 1. The largest absolute Gasteiger partial charge is 0.478 e. The van der Waals surface area contributed by atoms with Gasteiger partial charge in [0.25, 0.3) is 0 Å². The Morgan fingerprint density at radius 1 is 1.47 bits per heavy atom. The monoisotopic (exact) mass is 299 g/mol. The maximum Gasteiger partial charge on any atom is 0.337 e. The van der Waals surface area contributed by atoms with Crippen molar-refractivity contribution >= 4 is 40.9 Å². The molecule has 1 aromatic carbocycles. The van der Waals surface area contributed by atoms with Gasteiger partial charge in [0.2, 0.25) is 5.91 Å². The predicted octanol–water partition coefficient (Wildman–Crippen LogP) is 3.26. The molecule has 6 heteroatoms. The van der Waals surface area contributed by atoms with Crippen molar-refractivity contribution in [1.29, 1.82) is 0 Å². The van der Waals surface area contributed by atoms with E-state index in [9.17, 15) is 9.59 Å². The van der Waals surface area contributed by atoms with E-state index in [0.717, 1.165) is 18.6 Å². The number of carboxylic acids is 1. The highest BCUT2D eigenvalue weighted by molar-refractivity contribution is 8.01. The molecule has 4 nitrogen and oxygen atoms in total. The van der Waals surface area contributed by atoms with Crippen molar-refractivity contribution in [1.82, 2.24) is 0 Å². The molecular weight excluding hydrogens is 286 g/mol. The van der Waals surface area contributed by atoms with E-state index in [1.165, 1.54) is 12.1 Å². The van der Waals surface area contributed by atoms with Crippen LogP contribution in [-0.2, 0) is 4.79 Å². The molecule has 1 aliphatic rings. The third-order valence-corrected chi connectivity index (χ3v) is 4.99. The van der Waals surface area contributed by atoms with Crippen LogP contribution in [0.1, 0.15) is 30.1 Å². The Labute approximate surface area is 120 Å². The number of hydrogen-bond donors (Lipinski definition) is 2. The summed E-state index contributed by atoms with van der Waals surface area (Å²) in [6.45, 7) is 1.92. The molecule has 0 radical (unpaired) electrons. The number of rotatable bonds is 3. The number of hydrogen-bond acceptors (Lipinski definition) is 3. The third kappa shape index (κ3) is 3.04. The topological polar surface area (TPSA) is 66.4 Å². The maximum absolute atomic E-state index is 12.2. The van der Waals surface area contributed by atoms with Crippen molar-refractivity contribution in [2.45, 2.75) is 24.5 Å². The molecule has 1 fully saturated rings. The van der Waals surface area contributed by atoms with Gasteiger partial charge in [0.05, 0.1) is 15.3 Å². The molecule has 1 atom stereocenters. The summed E-state index contributed by atoms with van der Waals surface area (Å²) in [6, 6.07) is 4.41. The molecule has 2 rings (SSSR count). The molecule has 2 N–H and O–H groups in total. The number of carbonyl (C=O) groups is 2. The normalized spacial score (nSPS) is 22.2. The van der Waals surface area contributed by atoms with Crippen LogP contribution >= 0.6 is 23.4 Å². The van der Waals surface area contributed by atoms with Crippen molar-refractivity contribution in [3.8, 4) is 0 Å². The van der Waals surface area contributed by atoms with Crippen molar-refractivity contribution < 1.29 is 14.7 Å². The Kier molecular flexibility index (Phi) is 4.06. The summed E-state index contributed by atoms with van der Waals surface area (Å²) >= 11 is 7.51. The molecule has 0 saturated carbocycles. The average molecular weight is 300 g/mol. The van der Waals surface area contributed by atoms with E-state index >= 15 is 0 Å². The molecule has 1 heterocycles. The van der Waals surface area contributed by atoms with Gasteiger partial charge in [-0.15, -0.1) is 11.8 Å². The van der Waals surface area contributed by atoms with Crippen molar-refractivity contribution in [3.63, 3.8) is 0 Å². The summed E-state index contributed by atoms with van der Waals surface area (Å²) in [5, 5.41) is 11.8. The van der Waals surface area contributed by atoms with Crippen LogP contribution < -0.4 is 5.32 Å². The van der Waals surface area contributed by atoms with Crippen LogP contribution in [0.4, 0.5) is 5.69 Å². The second-order valence-electron chi connectivity index (χ2n) is 4.64. The van der Waals surface area contributed by atoms with Crippen molar-refractivity contribution in [3.05, 3.63) is 28.8 Å². The molecule has 1 saturated heterocycles. The summed E-state index contributed by atoms with van der Waals surface area (Å²) in [5.41, 5.74) is 0.551. The minimum atomic E-state index is -1.08. The fourth-order valence-electron chi connectivity index (χ4n) is 1.99. The standard InChI is InChI=1S/C13H14ClNO3S/c1-13(5-2-6-19-13)12(18)15-8-3-4-9(11(16)17)10(14)7-8/h3-4,7H,2,5-6H2,1H3,(H,15,18)(H,16,17). The summed E-state index contributed by atoms with van der Waals surface area (Å²) in [7, 11) is 0. The van der Waals surface area contributed by atoms with E-state index in [1.807, 2.05) is 6.92 Å². The highest BCUT2D eigenvalue weighted by Crippen LogP contribution is 2.38. The molecule has 1 unspecified atom stereocenters. The van der Waals surface area contributed by atoms with Crippen molar-refractivity contribution in [2.75, 3.05) is 11.1 Å².